The molecule has 0 aliphatic carbocycles. The second-order valence-corrected chi connectivity index (χ2v) is 3.91. The SMILES string of the molecule is CCC(Oc1ccccc1[C@H](N)CC)C(=O)O. The van der Waals surface area contributed by atoms with Crippen molar-refractivity contribution < 1.29 is 14.6 Å². The van der Waals surface area contributed by atoms with Gasteiger partial charge >= 0.3 is 5.97 Å². The van der Waals surface area contributed by atoms with Crippen molar-refractivity contribution in [2.24, 2.45) is 5.73 Å². The van der Waals surface area contributed by atoms with E-state index in [9.17, 15) is 4.79 Å². The van der Waals surface area contributed by atoms with Gasteiger partial charge in [0.25, 0.3) is 0 Å². The van der Waals surface area contributed by atoms with Crippen molar-refractivity contribution in [3.8, 4) is 5.75 Å². The fourth-order valence-corrected chi connectivity index (χ4v) is 1.58. The molecule has 0 amide bonds. The molecule has 17 heavy (non-hydrogen) atoms. The van der Waals surface area contributed by atoms with Crippen LogP contribution in [-0.2, 0) is 4.79 Å². The first-order chi connectivity index (χ1) is 8.10. The Labute approximate surface area is 101 Å². The number of carbonyl (C=O) groups is 1. The number of hydrogen-bond donors (Lipinski definition) is 2. The van der Waals surface area contributed by atoms with Gasteiger partial charge in [-0.25, -0.2) is 4.79 Å². The first kappa shape index (κ1) is 13.5. The third kappa shape index (κ3) is 3.46. The fourth-order valence-electron chi connectivity index (χ4n) is 1.58. The molecule has 4 nitrogen and oxygen atoms in total. The number of nitrogens with two attached hydrogens (primary N) is 1. The largest absolute Gasteiger partial charge is 0.479 e. The Morgan fingerprint density at radius 2 is 2.00 bits per heavy atom. The molecule has 0 bridgehead atoms. The Morgan fingerprint density at radius 3 is 2.53 bits per heavy atom. The lowest BCUT2D eigenvalue weighted by atomic mass is 10.0. The number of rotatable bonds is 6. The fraction of sp³-hybridized carbons (Fsp3) is 0.462. The van der Waals surface area contributed by atoms with Crippen LogP contribution in [0.15, 0.2) is 24.3 Å². The number of aliphatic carboxylic acids is 1. The van der Waals surface area contributed by atoms with Crippen LogP contribution in [0.2, 0.25) is 0 Å². The van der Waals surface area contributed by atoms with Crippen LogP contribution in [0.25, 0.3) is 0 Å². The zero-order chi connectivity index (χ0) is 12.8. The normalized spacial score (nSPS) is 14.1. The van der Waals surface area contributed by atoms with Crippen LogP contribution >= 0.6 is 0 Å². The van der Waals surface area contributed by atoms with Crippen LogP contribution in [0.5, 0.6) is 5.75 Å². The molecule has 0 fully saturated rings. The lowest BCUT2D eigenvalue weighted by Crippen LogP contribution is -2.27. The molecular formula is C13H19NO3. The zero-order valence-electron chi connectivity index (χ0n) is 10.2. The first-order valence-corrected chi connectivity index (χ1v) is 5.84. The van der Waals surface area contributed by atoms with E-state index in [4.69, 9.17) is 15.6 Å². The molecule has 0 aromatic heterocycles. The Kier molecular flexibility index (Phi) is 4.97. The highest BCUT2D eigenvalue weighted by Crippen LogP contribution is 2.26. The van der Waals surface area contributed by atoms with Crippen LogP contribution in [0.4, 0.5) is 0 Å². The van der Waals surface area contributed by atoms with Gasteiger partial charge in [0.1, 0.15) is 5.75 Å². The average Bonchev–Trinajstić information content (AvgIpc) is 2.35. The van der Waals surface area contributed by atoms with E-state index in [0.29, 0.717) is 12.2 Å². The summed E-state index contributed by atoms with van der Waals surface area (Å²) in [6, 6.07) is 7.20. The van der Waals surface area contributed by atoms with Crippen LogP contribution < -0.4 is 10.5 Å². The molecule has 0 radical (unpaired) electrons. The maximum absolute atomic E-state index is 10.9. The van der Waals surface area contributed by atoms with Crippen molar-refractivity contribution in [1.29, 1.82) is 0 Å². The second kappa shape index (κ2) is 6.25. The minimum Gasteiger partial charge on any atom is -0.479 e. The van der Waals surface area contributed by atoms with Crippen molar-refractivity contribution >= 4 is 5.97 Å². The smallest absolute Gasteiger partial charge is 0.344 e. The summed E-state index contributed by atoms with van der Waals surface area (Å²) in [6.07, 6.45) is 0.384. The van der Waals surface area contributed by atoms with Gasteiger partial charge in [-0.15, -0.1) is 0 Å². The third-order valence-electron chi connectivity index (χ3n) is 2.67. The van der Waals surface area contributed by atoms with Gasteiger partial charge in [0.05, 0.1) is 0 Å². The Bertz CT molecular complexity index is 379. The van der Waals surface area contributed by atoms with E-state index < -0.39 is 12.1 Å². The molecular weight excluding hydrogens is 218 g/mol. The minimum absolute atomic E-state index is 0.127. The van der Waals surface area contributed by atoms with Crippen molar-refractivity contribution in [1.82, 2.24) is 0 Å². The summed E-state index contributed by atoms with van der Waals surface area (Å²) in [5.74, 6) is -0.386. The lowest BCUT2D eigenvalue weighted by Gasteiger charge is -2.19. The molecule has 3 N–H and O–H groups in total. The van der Waals surface area contributed by atoms with E-state index in [1.807, 2.05) is 25.1 Å². The van der Waals surface area contributed by atoms with Crippen molar-refractivity contribution in [2.75, 3.05) is 0 Å². The van der Waals surface area contributed by atoms with Gasteiger partial charge in [0.15, 0.2) is 6.10 Å². The minimum atomic E-state index is -0.952. The molecule has 0 aliphatic rings. The second-order valence-electron chi connectivity index (χ2n) is 3.91. The molecule has 2 atom stereocenters. The topological polar surface area (TPSA) is 72.5 Å². The molecule has 94 valence electrons. The Morgan fingerprint density at radius 1 is 1.35 bits per heavy atom. The number of hydrogen-bond acceptors (Lipinski definition) is 3. The molecule has 0 saturated heterocycles. The number of ether oxygens (including phenoxy) is 1. The molecule has 1 rings (SSSR count). The predicted molar refractivity (Wildman–Crippen MR) is 66.0 cm³/mol. The number of para-hydroxylation sites is 1. The zero-order valence-corrected chi connectivity index (χ0v) is 10.2. The summed E-state index contributed by atoms with van der Waals surface area (Å²) in [4.78, 5) is 10.9. The highest BCUT2D eigenvalue weighted by Gasteiger charge is 2.19. The van der Waals surface area contributed by atoms with Crippen molar-refractivity contribution in [3.05, 3.63) is 29.8 Å². The molecule has 4 heteroatoms. The van der Waals surface area contributed by atoms with E-state index in [0.717, 1.165) is 12.0 Å². The number of benzene rings is 1. The van der Waals surface area contributed by atoms with Gasteiger partial charge in [0.2, 0.25) is 0 Å². The Hall–Kier alpha value is -1.55. The van der Waals surface area contributed by atoms with Crippen LogP contribution in [0.3, 0.4) is 0 Å². The Balaban J connectivity index is 2.93. The molecule has 0 heterocycles. The van der Waals surface area contributed by atoms with Gasteiger partial charge in [0, 0.05) is 11.6 Å². The molecule has 0 spiro atoms. The van der Waals surface area contributed by atoms with E-state index in [1.165, 1.54) is 0 Å². The predicted octanol–water partition coefficient (Wildman–Crippen LogP) is 2.34. The number of carboxylic acids is 1. The molecule has 1 aromatic carbocycles. The highest BCUT2D eigenvalue weighted by atomic mass is 16.5. The van der Waals surface area contributed by atoms with E-state index in [1.54, 1.807) is 13.0 Å². The summed E-state index contributed by atoms with van der Waals surface area (Å²) in [5, 5.41) is 8.97. The van der Waals surface area contributed by atoms with Crippen molar-refractivity contribution in [3.63, 3.8) is 0 Å². The van der Waals surface area contributed by atoms with Gasteiger partial charge in [-0.1, -0.05) is 32.0 Å². The van der Waals surface area contributed by atoms with Crippen molar-refractivity contribution in [2.45, 2.75) is 38.8 Å². The quantitative estimate of drug-likeness (QED) is 0.796. The summed E-state index contributed by atoms with van der Waals surface area (Å²) in [6.45, 7) is 3.76. The van der Waals surface area contributed by atoms with Gasteiger partial charge in [-0.2, -0.15) is 0 Å². The van der Waals surface area contributed by atoms with Gasteiger partial charge in [-0.3, -0.25) is 0 Å². The first-order valence-electron chi connectivity index (χ1n) is 5.84. The maximum atomic E-state index is 10.9. The lowest BCUT2D eigenvalue weighted by molar-refractivity contribution is -0.145. The molecule has 0 saturated carbocycles. The van der Waals surface area contributed by atoms with Crippen LogP contribution in [0.1, 0.15) is 38.3 Å². The van der Waals surface area contributed by atoms with Crippen LogP contribution in [0, 0.1) is 0 Å². The summed E-state index contributed by atoms with van der Waals surface area (Å²) in [7, 11) is 0. The summed E-state index contributed by atoms with van der Waals surface area (Å²) >= 11 is 0. The maximum Gasteiger partial charge on any atom is 0.344 e. The number of carboxylic acid groups (broad SMARTS) is 1. The molecule has 1 unspecified atom stereocenters. The summed E-state index contributed by atoms with van der Waals surface area (Å²) in [5.41, 5.74) is 6.82. The molecule has 0 aliphatic heterocycles. The van der Waals surface area contributed by atoms with E-state index in [-0.39, 0.29) is 6.04 Å². The van der Waals surface area contributed by atoms with Crippen LogP contribution in [-0.4, -0.2) is 17.2 Å². The summed E-state index contributed by atoms with van der Waals surface area (Å²) < 4.78 is 5.50. The standard InChI is InChI=1S/C13H19NO3/c1-3-10(14)9-7-5-6-8-12(9)17-11(4-2)13(15)16/h5-8,10-11H,3-4,14H2,1-2H3,(H,15,16)/t10-,11?/m1/s1. The molecule has 1 aromatic rings. The van der Waals surface area contributed by atoms with E-state index in [2.05, 4.69) is 0 Å². The third-order valence-corrected chi connectivity index (χ3v) is 2.67. The van der Waals surface area contributed by atoms with Gasteiger partial charge < -0.3 is 15.6 Å². The highest BCUT2D eigenvalue weighted by molar-refractivity contribution is 5.72. The average molecular weight is 237 g/mol. The van der Waals surface area contributed by atoms with E-state index >= 15 is 0 Å². The van der Waals surface area contributed by atoms with Gasteiger partial charge in [-0.05, 0) is 18.9 Å². The monoisotopic (exact) mass is 237 g/mol.